The van der Waals surface area contributed by atoms with Crippen molar-refractivity contribution >= 4 is 30.6 Å². The molecule has 1 fully saturated rings. The van der Waals surface area contributed by atoms with Gasteiger partial charge in [0.15, 0.2) is 0 Å². The molecule has 60 heavy (non-hydrogen) atoms. The fourth-order valence-corrected chi connectivity index (χ4v) is 5.46. The molecule has 0 aromatic carbocycles. The maximum atomic E-state index is 13.3. The second-order valence-corrected chi connectivity index (χ2v) is 15.2. The third-order valence-electron chi connectivity index (χ3n) is 7.90. The van der Waals surface area contributed by atoms with Crippen molar-refractivity contribution in [3.8, 4) is 0 Å². The van der Waals surface area contributed by atoms with Crippen LogP contribution in [0.3, 0.4) is 0 Å². The molecule has 0 aromatic rings. The van der Waals surface area contributed by atoms with E-state index in [1.165, 1.54) is 19.1 Å². The maximum Gasteiger partial charge on any atom is 0.325 e. The summed E-state index contributed by atoms with van der Waals surface area (Å²) in [4.78, 5) is 59.5. The summed E-state index contributed by atoms with van der Waals surface area (Å²) in [5, 5.41) is 4.56. The molecule has 360 valence electrons. The number of nitrogens with one attached hydrogen (secondary N) is 2. The summed E-state index contributed by atoms with van der Waals surface area (Å²) >= 11 is 0. The number of allylic oxidation sites excluding steroid dienone is 4. The average molecular weight is 861 g/mol. The summed E-state index contributed by atoms with van der Waals surface area (Å²) in [6.45, 7) is 40.2. The molecule has 0 saturated carbocycles. The molecule has 0 aromatic heterocycles. The lowest BCUT2D eigenvalue weighted by Gasteiger charge is -2.39. The fraction of sp³-hybridized carbons (Fsp3) is 0.812. The summed E-state index contributed by atoms with van der Waals surface area (Å²) in [6, 6.07) is -0.201. The van der Waals surface area contributed by atoms with Crippen molar-refractivity contribution in [2.24, 2.45) is 17.3 Å². The van der Waals surface area contributed by atoms with Crippen LogP contribution in [0, 0.1) is 17.3 Å². The molecule has 1 saturated heterocycles. The number of hydrogen-bond donors (Lipinski definition) is 2. The molecule has 0 spiro atoms. The van der Waals surface area contributed by atoms with Crippen LogP contribution in [0.5, 0.6) is 0 Å². The number of amides is 4. The number of ether oxygens (including phenoxy) is 3. The molecule has 5 unspecified atom stereocenters. The van der Waals surface area contributed by atoms with E-state index < -0.39 is 12.1 Å². The number of methoxy groups -OCH3 is 3. The van der Waals surface area contributed by atoms with Gasteiger partial charge in [0.1, 0.15) is 6.54 Å². The van der Waals surface area contributed by atoms with Crippen LogP contribution in [-0.4, -0.2) is 113 Å². The lowest BCUT2D eigenvalue weighted by Crippen LogP contribution is -2.53. The highest BCUT2D eigenvalue weighted by molar-refractivity contribution is 5.81. The van der Waals surface area contributed by atoms with E-state index in [2.05, 4.69) is 117 Å². The Morgan fingerprint density at radius 2 is 1.32 bits per heavy atom. The third-order valence-corrected chi connectivity index (χ3v) is 7.90. The van der Waals surface area contributed by atoms with Crippen molar-refractivity contribution in [2.45, 2.75) is 194 Å². The molecule has 2 N–H and O–H groups in total. The highest BCUT2D eigenvalue weighted by Crippen LogP contribution is 2.28. The number of rotatable bonds is 18. The Bertz CT molecular complexity index is 1040. The van der Waals surface area contributed by atoms with Crippen molar-refractivity contribution in [2.75, 3.05) is 48.0 Å². The minimum atomic E-state index is -0.447. The Labute approximate surface area is 371 Å². The Balaban J connectivity index is -0.000000151. The van der Waals surface area contributed by atoms with E-state index in [0.29, 0.717) is 24.2 Å². The zero-order valence-corrected chi connectivity index (χ0v) is 43.4. The van der Waals surface area contributed by atoms with Crippen molar-refractivity contribution in [3.05, 3.63) is 23.8 Å². The lowest BCUT2D eigenvalue weighted by atomic mass is 9.90. The molecule has 0 radical (unpaired) electrons. The third kappa shape index (κ3) is 42.9. The van der Waals surface area contributed by atoms with Gasteiger partial charge in [0, 0.05) is 27.8 Å². The number of esters is 1. The van der Waals surface area contributed by atoms with E-state index in [-0.39, 0.29) is 55.4 Å². The standard InChI is InChI=1S/C22H41N3O5.C8H14.C5H12.C4H7NO3.C3H8.3C2H6/c1-8-16(4)21(24(5)20(28)13-23-14-26)18(29-6)12-19(27)25-11-9-10-17(25)22(30-7)15(2)3;1-4-6-8(3)7-5-2;1-5(2,3)4;1-8-4(7)2-5-3-6;1-3-2;3*1-2/h14-18,21-22H,8-13H2,1-7H3,(H,23,26);4,6-7H,5H2,1-3H3;1-4H3;3H,2H2,1H3,(H,5,6);3H2,1-2H3;3*1-2H3/b;6-4-,8-7-;;;;;;. The maximum absolute atomic E-state index is 13.3. The largest absolute Gasteiger partial charge is 0.468 e. The van der Waals surface area contributed by atoms with Gasteiger partial charge in [-0.1, -0.05) is 154 Å². The Hall–Kier alpha value is -3.25. The van der Waals surface area contributed by atoms with E-state index in [9.17, 15) is 24.0 Å². The molecule has 1 heterocycles. The van der Waals surface area contributed by atoms with Gasteiger partial charge in [-0.05, 0) is 50.4 Å². The van der Waals surface area contributed by atoms with E-state index in [4.69, 9.17) is 9.47 Å². The first-order chi connectivity index (χ1) is 28.3. The van der Waals surface area contributed by atoms with Crippen LogP contribution in [0.25, 0.3) is 0 Å². The quantitative estimate of drug-likeness (QED) is 0.0788. The topological polar surface area (TPSA) is 144 Å². The van der Waals surface area contributed by atoms with Gasteiger partial charge >= 0.3 is 5.97 Å². The van der Waals surface area contributed by atoms with Gasteiger partial charge in [-0.25, -0.2) is 0 Å². The van der Waals surface area contributed by atoms with Gasteiger partial charge in [0.25, 0.3) is 0 Å². The van der Waals surface area contributed by atoms with Gasteiger partial charge in [-0.3, -0.25) is 24.0 Å². The second-order valence-electron chi connectivity index (χ2n) is 15.2. The van der Waals surface area contributed by atoms with E-state index in [1.807, 2.05) is 53.4 Å². The van der Waals surface area contributed by atoms with E-state index >= 15 is 0 Å². The van der Waals surface area contributed by atoms with Crippen LogP contribution >= 0.6 is 0 Å². The van der Waals surface area contributed by atoms with Crippen LogP contribution in [0.4, 0.5) is 0 Å². The number of likely N-dealkylation sites (tertiary alicyclic amines) is 1. The van der Waals surface area contributed by atoms with Gasteiger partial charge in [0.05, 0.1) is 44.4 Å². The minimum Gasteiger partial charge on any atom is -0.468 e. The average Bonchev–Trinajstić information content (AvgIpc) is 3.70. The molecule has 1 rings (SSSR count). The predicted molar refractivity (Wildman–Crippen MR) is 256 cm³/mol. The van der Waals surface area contributed by atoms with Gasteiger partial charge in [0.2, 0.25) is 24.6 Å². The molecule has 12 nitrogen and oxygen atoms in total. The summed E-state index contributed by atoms with van der Waals surface area (Å²) in [5.41, 5.74) is 1.86. The van der Waals surface area contributed by atoms with E-state index in [0.717, 1.165) is 32.2 Å². The van der Waals surface area contributed by atoms with Gasteiger partial charge in [-0.15, -0.1) is 0 Å². The zero-order chi connectivity index (χ0) is 48.9. The Kier molecular flexibility index (Phi) is 59.5. The van der Waals surface area contributed by atoms with Gasteiger partial charge in [-0.2, -0.15) is 0 Å². The van der Waals surface area contributed by atoms with Crippen LogP contribution in [0.2, 0.25) is 0 Å². The molecule has 0 bridgehead atoms. The molecule has 12 heteroatoms. The molecular weight excluding hydrogens is 761 g/mol. The van der Waals surface area contributed by atoms with Crippen molar-refractivity contribution < 1.29 is 38.2 Å². The zero-order valence-electron chi connectivity index (χ0n) is 43.4. The number of likely N-dealkylation sites (N-methyl/N-ethyl adjacent to an activating group) is 1. The minimum absolute atomic E-state index is 0.00137. The second kappa shape index (κ2) is 50.1. The first-order valence-corrected chi connectivity index (χ1v) is 22.6. The van der Waals surface area contributed by atoms with Crippen LogP contribution in [0.1, 0.15) is 170 Å². The van der Waals surface area contributed by atoms with Crippen molar-refractivity contribution in [1.29, 1.82) is 0 Å². The highest BCUT2D eigenvalue weighted by atomic mass is 16.5. The Morgan fingerprint density at radius 1 is 0.850 bits per heavy atom. The molecule has 0 aliphatic carbocycles. The first-order valence-electron chi connectivity index (χ1n) is 22.6. The smallest absolute Gasteiger partial charge is 0.325 e. The number of carbonyl (C=O) groups excluding carboxylic acids is 5. The molecular formula is C48H100N4O8. The summed E-state index contributed by atoms with van der Waals surface area (Å²) in [7, 11) is 6.26. The molecule has 1 aliphatic rings. The Morgan fingerprint density at radius 3 is 1.67 bits per heavy atom. The first kappa shape index (κ1) is 71.3. The predicted octanol–water partition coefficient (Wildman–Crippen LogP) is 10.0. The van der Waals surface area contributed by atoms with Crippen LogP contribution < -0.4 is 10.6 Å². The summed E-state index contributed by atoms with van der Waals surface area (Å²) in [6.07, 6.45) is 12.2. The number of carbonyl (C=O) groups is 5. The number of nitrogens with zero attached hydrogens (tertiary/aromatic N) is 2. The van der Waals surface area contributed by atoms with Crippen molar-refractivity contribution in [1.82, 2.24) is 20.4 Å². The number of hydrogen-bond acceptors (Lipinski definition) is 8. The van der Waals surface area contributed by atoms with Crippen LogP contribution in [-0.2, 0) is 38.2 Å². The normalized spacial score (nSPS) is 14.6. The SMILES string of the molecule is C/C=C\C(C)=C/CC.CC.CC.CC.CC(C)(C)C.CCC.CCC(C)C(C(CC(=O)N1CCCC1C(OC)C(C)C)OC)N(C)C(=O)CNC=O.COC(=O)CNC=O. The highest BCUT2D eigenvalue weighted by Gasteiger charge is 2.39. The monoisotopic (exact) mass is 861 g/mol. The molecule has 4 amide bonds. The molecule has 5 atom stereocenters. The molecule has 1 aliphatic heterocycles. The van der Waals surface area contributed by atoms with Crippen LogP contribution in [0.15, 0.2) is 23.8 Å². The summed E-state index contributed by atoms with van der Waals surface area (Å²) in [5.74, 6) is -0.178. The fourth-order valence-electron chi connectivity index (χ4n) is 5.46. The lowest BCUT2D eigenvalue weighted by molar-refractivity contribution is -0.144. The summed E-state index contributed by atoms with van der Waals surface area (Å²) < 4.78 is 15.6. The van der Waals surface area contributed by atoms with E-state index in [1.54, 1.807) is 26.2 Å². The van der Waals surface area contributed by atoms with Gasteiger partial charge < -0.3 is 34.6 Å². The van der Waals surface area contributed by atoms with Crippen molar-refractivity contribution in [3.63, 3.8) is 0 Å².